The molecule has 0 atom stereocenters. The van der Waals surface area contributed by atoms with Gasteiger partial charge in [0.15, 0.2) is 11.6 Å². The smallest absolute Gasteiger partial charge is 0.225 e. The average molecular weight is 585 g/mol. The first-order valence-corrected chi connectivity index (χ1v) is 14.7. The van der Waals surface area contributed by atoms with Crippen molar-refractivity contribution in [3.63, 3.8) is 0 Å². The summed E-state index contributed by atoms with van der Waals surface area (Å²) in [7, 11) is 0. The maximum Gasteiger partial charge on any atom is 0.225 e. The third-order valence-corrected chi connectivity index (χ3v) is 7.09. The molecule has 2 N–H and O–H groups in total. The topological polar surface area (TPSA) is 98.8 Å². The Kier molecular flexibility index (Phi) is 14.2. The predicted octanol–water partition coefficient (Wildman–Crippen LogP) is 5.79. The van der Waals surface area contributed by atoms with Gasteiger partial charge in [0.1, 0.15) is 0 Å². The van der Waals surface area contributed by atoms with Gasteiger partial charge in [-0.15, -0.1) is 12.4 Å². The van der Waals surface area contributed by atoms with Crippen molar-refractivity contribution in [3.8, 4) is 0 Å². The van der Waals surface area contributed by atoms with E-state index in [2.05, 4.69) is 48.1 Å². The highest BCUT2D eigenvalue weighted by Gasteiger charge is 2.34. The molecule has 3 rings (SSSR count). The van der Waals surface area contributed by atoms with Crippen molar-refractivity contribution in [1.29, 1.82) is 0 Å². The van der Waals surface area contributed by atoms with Crippen molar-refractivity contribution in [2.24, 2.45) is 0 Å². The molecule has 0 saturated heterocycles. The second kappa shape index (κ2) is 17.0. The fourth-order valence-corrected chi connectivity index (χ4v) is 5.31. The summed E-state index contributed by atoms with van der Waals surface area (Å²) in [5.41, 5.74) is 1.44. The molecule has 0 bridgehead atoms. The second-order valence-electron chi connectivity index (χ2n) is 10.4. The zero-order valence-corrected chi connectivity index (χ0v) is 25.7. The molecule has 0 fully saturated rings. The van der Waals surface area contributed by atoms with E-state index in [0.717, 1.165) is 51.9 Å². The molecule has 0 unspecified atom stereocenters. The lowest BCUT2D eigenvalue weighted by atomic mass is 9.82. The summed E-state index contributed by atoms with van der Waals surface area (Å²) < 4.78 is 0. The monoisotopic (exact) mass is 584 g/mol. The fourth-order valence-electron chi connectivity index (χ4n) is 5.31. The van der Waals surface area contributed by atoms with Crippen molar-refractivity contribution < 1.29 is 19.2 Å². The zero-order valence-electron chi connectivity index (χ0n) is 24.9. The summed E-state index contributed by atoms with van der Waals surface area (Å²) in [5, 5.41) is 5.76. The maximum atomic E-state index is 13.7. The number of carbonyl (C=O) groups excluding carboxylic acids is 4. The molecule has 0 spiro atoms. The Balaban J connectivity index is 0.00000588. The lowest BCUT2D eigenvalue weighted by molar-refractivity contribution is -0.117. The largest absolute Gasteiger partial charge is 0.325 e. The van der Waals surface area contributed by atoms with Gasteiger partial charge in [-0.2, -0.15) is 0 Å². The van der Waals surface area contributed by atoms with E-state index in [4.69, 9.17) is 0 Å². The molecule has 0 radical (unpaired) electrons. The third-order valence-electron chi connectivity index (χ3n) is 7.09. The first kappa shape index (κ1) is 34.1. The first-order valence-electron chi connectivity index (χ1n) is 14.7. The molecule has 1 aliphatic carbocycles. The van der Waals surface area contributed by atoms with Crippen LogP contribution in [0.25, 0.3) is 0 Å². The highest BCUT2D eigenvalue weighted by Crippen LogP contribution is 2.36. The highest BCUT2D eigenvalue weighted by molar-refractivity contribution is 6.32. The van der Waals surface area contributed by atoms with Crippen LogP contribution in [0.1, 0.15) is 98.1 Å². The van der Waals surface area contributed by atoms with Crippen LogP contribution in [-0.2, 0) is 9.59 Å². The van der Waals surface area contributed by atoms with Crippen molar-refractivity contribution in [2.75, 3.05) is 49.9 Å². The van der Waals surface area contributed by atoms with Gasteiger partial charge in [-0.3, -0.25) is 19.2 Å². The summed E-state index contributed by atoms with van der Waals surface area (Å²) in [6.45, 7) is 13.4. The Morgan fingerprint density at radius 2 is 0.927 bits per heavy atom. The van der Waals surface area contributed by atoms with E-state index in [9.17, 15) is 19.2 Å². The van der Waals surface area contributed by atoms with Gasteiger partial charge in [-0.1, -0.05) is 52.0 Å². The molecule has 1 aliphatic rings. The lowest BCUT2D eigenvalue weighted by Gasteiger charge is -2.24. The average Bonchev–Trinajstić information content (AvgIpc) is 2.94. The van der Waals surface area contributed by atoms with Crippen molar-refractivity contribution >= 4 is 47.2 Å². The van der Waals surface area contributed by atoms with Crippen LogP contribution in [-0.4, -0.2) is 72.4 Å². The number of carbonyl (C=O) groups is 4. The van der Waals surface area contributed by atoms with E-state index in [1.54, 1.807) is 36.4 Å². The molecular weight excluding hydrogens is 540 g/mol. The van der Waals surface area contributed by atoms with Gasteiger partial charge >= 0.3 is 0 Å². The van der Waals surface area contributed by atoms with Gasteiger partial charge in [0.05, 0.1) is 22.5 Å². The standard InChI is InChI=1S/C32H44N4O4.ClH/c1-5-17-35(18-6-2)21-15-27(37)33-25-13-14-26(34-28(38)16-22-36(19-7-3)20-8-4)30-29(25)31(39)23-11-9-10-12-24(23)32(30)40;/h9-14H,5-8,15-22H2,1-4H3,(H,33,37)(H,34,38);1H. The summed E-state index contributed by atoms with van der Waals surface area (Å²) in [4.78, 5) is 57.7. The van der Waals surface area contributed by atoms with Crippen LogP contribution in [0.5, 0.6) is 0 Å². The minimum Gasteiger partial charge on any atom is -0.325 e. The second-order valence-corrected chi connectivity index (χ2v) is 10.4. The van der Waals surface area contributed by atoms with E-state index in [1.165, 1.54) is 0 Å². The number of nitrogens with zero attached hydrogens (tertiary/aromatic N) is 2. The van der Waals surface area contributed by atoms with Crippen LogP contribution in [0, 0.1) is 0 Å². The Morgan fingerprint density at radius 3 is 1.24 bits per heavy atom. The van der Waals surface area contributed by atoms with Gasteiger partial charge < -0.3 is 20.4 Å². The number of ketones is 2. The molecule has 0 saturated carbocycles. The quantitative estimate of drug-likeness (QED) is 0.221. The van der Waals surface area contributed by atoms with E-state index >= 15 is 0 Å². The number of rotatable bonds is 16. The Hall–Kier alpha value is -3.07. The number of fused-ring (bicyclic) bond motifs is 2. The number of nitrogens with one attached hydrogen (secondary N) is 2. The number of anilines is 2. The molecule has 9 heteroatoms. The molecular formula is C32H45ClN4O4. The van der Waals surface area contributed by atoms with Crippen molar-refractivity contribution in [3.05, 3.63) is 58.7 Å². The number of hydrogen-bond donors (Lipinski definition) is 2. The van der Waals surface area contributed by atoms with Crippen LogP contribution >= 0.6 is 12.4 Å². The molecule has 0 aliphatic heterocycles. The summed E-state index contributed by atoms with van der Waals surface area (Å²) in [6.07, 6.45) is 4.58. The Labute approximate surface area is 250 Å². The molecule has 224 valence electrons. The minimum absolute atomic E-state index is 0. The van der Waals surface area contributed by atoms with Gasteiger partial charge in [0.2, 0.25) is 11.8 Å². The first-order chi connectivity index (χ1) is 19.3. The predicted molar refractivity (Wildman–Crippen MR) is 168 cm³/mol. The molecule has 2 aromatic carbocycles. The molecule has 41 heavy (non-hydrogen) atoms. The van der Waals surface area contributed by atoms with Crippen LogP contribution in [0.3, 0.4) is 0 Å². The van der Waals surface area contributed by atoms with Crippen LogP contribution in [0.15, 0.2) is 36.4 Å². The Morgan fingerprint density at radius 1 is 0.585 bits per heavy atom. The van der Waals surface area contributed by atoms with Gasteiger partial charge in [-0.25, -0.2) is 0 Å². The Bertz CT molecular complexity index is 1110. The number of benzene rings is 2. The normalized spacial score (nSPS) is 12.1. The number of amides is 2. The zero-order chi connectivity index (χ0) is 29.1. The minimum atomic E-state index is -0.341. The molecule has 0 aromatic heterocycles. The maximum absolute atomic E-state index is 13.7. The lowest BCUT2D eigenvalue weighted by Crippen LogP contribution is -2.31. The highest BCUT2D eigenvalue weighted by atomic mass is 35.5. The number of hydrogen-bond acceptors (Lipinski definition) is 6. The van der Waals surface area contributed by atoms with E-state index in [0.29, 0.717) is 35.6 Å². The van der Waals surface area contributed by atoms with Crippen molar-refractivity contribution in [2.45, 2.75) is 66.2 Å². The van der Waals surface area contributed by atoms with Crippen LogP contribution in [0.2, 0.25) is 0 Å². The molecule has 8 nitrogen and oxygen atoms in total. The van der Waals surface area contributed by atoms with E-state index in [-0.39, 0.29) is 59.8 Å². The number of halogens is 1. The molecule has 2 amide bonds. The summed E-state index contributed by atoms with van der Waals surface area (Å²) in [5.74, 6) is -1.12. The van der Waals surface area contributed by atoms with Gasteiger partial charge in [0.25, 0.3) is 0 Å². The van der Waals surface area contributed by atoms with E-state index in [1.807, 2.05) is 0 Å². The summed E-state index contributed by atoms with van der Waals surface area (Å²) >= 11 is 0. The van der Waals surface area contributed by atoms with Gasteiger partial charge in [0, 0.05) is 37.1 Å². The molecule has 0 heterocycles. The van der Waals surface area contributed by atoms with Crippen molar-refractivity contribution in [1.82, 2.24) is 9.80 Å². The van der Waals surface area contributed by atoms with Crippen LogP contribution < -0.4 is 10.6 Å². The molecule has 2 aromatic rings. The SMILES string of the molecule is CCCN(CCC)CCC(=O)Nc1ccc(NC(=O)CCN(CCC)CCC)c2c1C(=O)c1ccccc1C2=O.Cl. The summed E-state index contributed by atoms with van der Waals surface area (Å²) in [6, 6.07) is 9.90. The van der Waals surface area contributed by atoms with Gasteiger partial charge in [-0.05, 0) is 64.0 Å². The van der Waals surface area contributed by atoms with Crippen LogP contribution in [0.4, 0.5) is 11.4 Å². The fraction of sp³-hybridized carbons (Fsp3) is 0.500. The third kappa shape index (κ3) is 8.96. The van der Waals surface area contributed by atoms with E-state index < -0.39 is 0 Å².